The van der Waals surface area contributed by atoms with Crippen LogP contribution in [0.3, 0.4) is 0 Å². The zero-order chi connectivity index (χ0) is 26.6. The van der Waals surface area contributed by atoms with Gasteiger partial charge >= 0.3 is 5.97 Å². The maximum atomic E-state index is 12.7. The van der Waals surface area contributed by atoms with Crippen LogP contribution in [0.2, 0.25) is 0 Å². The van der Waals surface area contributed by atoms with Gasteiger partial charge in [-0.2, -0.15) is 0 Å². The Morgan fingerprint density at radius 1 is 1.11 bits per heavy atom. The van der Waals surface area contributed by atoms with Crippen LogP contribution < -0.4 is 0 Å². The molecule has 0 unspecified atom stereocenters. The van der Waals surface area contributed by atoms with Crippen molar-refractivity contribution in [3.8, 4) is 0 Å². The molecule has 206 valence electrons. The molecule has 0 spiro atoms. The zero-order valence-corrected chi connectivity index (χ0v) is 23.3. The van der Waals surface area contributed by atoms with Crippen molar-refractivity contribution in [3.63, 3.8) is 0 Å². The Kier molecular flexibility index (Phi) is 9.19. The summed E-state index contributed by atoms with van der Waals surface area (Å²) in [5.74, 6) is 0.162. The van der Waals surface area contributed by atoms with E-state index in [0.717, 1.165) is 62.5 Å². The van der Waals surface area contributed by atoms with Crippen molar-refractivity contribution >= 4 is 5.97 Å². The molecule has 5 nitrogen and oxygen atoms in total. The third-order valence-electron chi connectivity index (χ3n) is 9.54. The average Bonchev–Trinajstić information content (AvgIpc) is 3.19. The van der Waals surface area contributed by atoms with Crippen LogP contribution in [0.4, 0.5) is 0 Å². The molecule has 4 rings (SSSR count). The predicted octanol–water partition coefficient (Wildman–Crippen LogP) is 6.50. The minimum absolute atomic E-state index is 0.00357. The summed E-state index contributed by atoms with van der Waals surface area (Å²) in [7, 11) is 0. The summed E-state index contributed by atoms with van der Waals surface area (Å²) in [5.41, 5.74) is 4.05. The average molecular weight is 513 g/mol. The fourth-order valence-electron chi connectivity index (χ4n) is 7.29. The molecule has 37 heavy (non-hydrogen) atoms. The highest BCUT2D eigenvalue weighted by Gasteiger charge is 2.46. The lowest BCUT2D eigenvalue weighted by Gasteiger charge is -2.42. The molecular formula is C32H48O5. The first-order valence-corrected chi connectivity index (χ1v) is 14.6. The van der Waals surface area contributed by atoms with Crippen molar-refractivity contribution in [2.75, 3.05) is 6.61 Å². The monoisotopic (exact) mass is 512 g/mol. The lowest BCUT2D eigenvalue weighted by molar-refractivity contribution is -0.166. The number of fused-ring (bicyclic) bond motifs is 1. The van der Waals surface area contributed by atoms with Crippen molar-refractivity contribution in [2.24, 2.45) is 11.3 Å². The smallest absolute Gasteiger partial charge is 0.332 e. The topological polar surface area (TPSA) is 76.0 Å². The van der Waals surface area contributed by atoms with E-state index in [9.17, 15) is 15.0 Å². The van der Waals surface area contributed by atoms with Crippen LogP contribution in [-0.2, 0) is 14.3 Å². The molecule has 5 heteroatoms. The SMILES string of the molecule is C=C1C(=CC=C2CCC[C@]3(C)C([C@H](C)OCC(=O)OC4(C)CCCCCCC4)=CC[C@@H]23)C[C@@H](O)C[C@@H]1O. The number of hydrogen-bond acceptors (Lipinski definition) is 5. The first kappa shape index (κ1) is 28.3. The third-order valence-corrected chi connectivity index (χ3v) is 9.54. The van der Waals surface area contributed by atoms with Gasteiger partial charge in [0, 0.05) is 6.42 Å². The molecule has 4 aliphatic rings. The van der Waals surface area contributed by atoms with Gasteiger partial charge in [-0.3, -0.25) is 0 Å². The molecule has 0 saturated heterocycles. The summed E-state index contributed by atoms with van der Waals surface area (Å²) in [5, 5.41) is 20.3. The largest absolute Gasteiger partial charge is 0.458 e. The van der Waals surface area contributed by atoms with E-state index < -0.39 is 12.2 Å². The molecule has 2 N–H and O–H groups in total. The molecular weight excluding hydrogens is 464 g/mol. The highest BCUT2D eigenvalue weighted by Crippen LogP contribution is 2.55. The zero-order valence-electron chi connectivity index (χ0n) is 23.3. The molecule has 0 heterocycles. The number of aliphatic hydroxyl groups is 2. The Bertz CT molecular complexity index is 935. The van der Waals surface area contributed by atoms with Gasteiger partial charge in [0.15, 0.2) is 0 Å². The van der Waals surface area contributed by atoms with Gasteiger partial charge in [0.05, 0.1) is 18.3 Å². The van der Waals surface area contributed by atoms with Gasteiger partial charge in [0.2, 0.25) is 0 Å². The quantitative estimate of drug-likeness (QED) is 0.314. The number of ether oxygens (including phenoxy) is 2. The van der Waals surface area contributed by atoms with Crippen LogP contribution in [0.15, 0.2) is 47.1 Å². The summed E-state index contributed by atoms with van der Waals surface area (Å²) in [6.45, 7) is 10.5. The second-order valence-corrected chi connectivity index (χ2v) is 12.4. The van der Waals surface area contributed by atoms with Gasteiger partial charge < -0.3 is 19.7 Å². The van der Waals surface area contributed by atoms with Crippen LogP contribution in [0.25, 0.3) is 0 Å². The number of carbonyl (C=O) groups excluding carboxylic acids is 1. The molecule has 4 aliphatic carbocycles. The van der Waals surface area contributed by atoms with E-state index in [-0.39, 0.29) is 29.7 Å². The lowest BCUT2D eigenvalue weighted by atomic mass is 9.63. The number of hydrogen-bond donors (Lipinski definition) is 2. The standard InChI is InChI=1S/C32H48O5/c1-22-25(19-26(33)20-29(22)34)13-12-24-11-10-18-32(4)27(14-15-28(24)32)23(2)36-21-30(35)37-31(3)16-8-6-5-7-9-17-31/h12-14,23,26,28-29,33-34H,1,5-11,15-21H2,2-4H3/t23-,26+,28-,29-,32+/m0/s1. The Morgan fingerprint density at radius 2 is 1.81 bits per heavy atom. The first-order valence-electron chi connectivity index (χ1n) is 14.6. The highest BCUT2D eigenvalue weighted by molar-refractivity contribution is 5.71. The van der Waals surface area contributed by atoms with Gasteiger partial charge in [-0.25, -0.2) is 4.79 Å². The van der Waals surface area contributed by atoms with Gasteiger partial charge in [0.25, 0.3) is 0 Å². The van der Waals surface area contributed by atoms with Crippen molar-refractivity contribution in [2.45, 2.75) is 128 Å². The van der Waals surface area contributed by atoms with Gasteiger partial charge in [-0.05, 0) is 99.7 Å². The van der Waals surface area contributed by atoms with Crippen LogP contribution in [0, 0.1) is 11.3 Å². The summed E-state index contributed by atoms with van der Waals surface area (Å²) in [6.07, 6.45) is 18.3. The highest BCUT2D eigenvalue weighted by atomic mass is 16.6. The van der Waals surface area contributed by atoms with Crippen molar-refractivity contribution in [3.05, 3.63) is 47.1 Å². The Labute approximate surface area is 223 Å². The molecule has 0 aliphatic heterocycles. The van der Waals surface area contributed by atoms with Gasteiger partial charge in [-0.15, -0.1) is 0 Å². The fraction of sp³-hybridized carbons (Fsp3) is 0.719. The van der Waals surface area contributed by atoms with Crippen LogP contribution in [-0.4, -0.2) is 46.7 Å². The minimum atomic E-state index is -0.663. The lowest BCUT2D eigenvalue weighted by Crippen LogP contribution is -2.36. The second kappa shape index (κ2) is 12.0. The number of allylic oxidation sites excluding steroid dienone is 4. The predicted molar refractivity (Wildman–Crippen MR) is 147 cm³/mol. The second-order valence-electron chi connectivity index (χ2n) is 12.4. The Morgan fingerprint density at radius 3 is 2.54 bits per heavy atom. The summed E-state index contributed by atoms with van der Waals surface area (Å²) >= 11 is 0. The van der Waals surface area contributed by atoms with Crippen LogP contribution in [0.1, 0.15) is 104 Å². The third kappa shape index (κ3) is 6.66. The molecule has 3 saturated carbocycles. The van der Waals surface area contributed by atoms with Crippen molar-refractivity contribution < 1.29 is 24.5 Å². The van der Waals surface area contributed by atoms with Crippen molar-refractivity contribution in [1.29, 1.82) is 0 Å². The molecule has 0 aromatic heterocycles. The fourth-order valence-corrected chi connectivity index (χ4v) is 7.29. The van der Waals surface area contributed by atoms with Crippen LogP contribution in [0.5, 0.6) is 0 Å². The van der Waals surface area contributed by atoms with E-state index in [2.05, 4.69) is 45.6 Å². The van der Waals surface area contributed by atoms with E-state index >= 15 is 0 Å². The number of aliphatic hydroxyl groups excluding tert-OH is 2. The molecule has 5 atom stereocenters. The Hall–Kier alpha value is -1.69. The van der Waals surface area contributed by atoms with E-state index in [0.29, 0.717) is 18.8 Å². The van der Waals surface area contributed by atoms with Gasteiger partial charge in [-0.1, -0.05) is 56.6 Å². The molecule has 0 radical (unpaired) electrons. The number of carbonyl (C=O) groups is 1. The maximum absolute atomic E-state index is 12.7. The normalized spacial score (nSPS) is 35.4. The van der Waals surface area contributed by atoms with E-state index in [1.54, 1.807) is 0 Å². The van der Waals surface area contributed by atoms with E-state index in [4.69, 9.17) is 9.47 Å². The van der Waals surface area contributed by atoms with Crippen molar-refractivity contribution in [1.82, 2.24) is 0 Å². The van der Waals surface area contributed by atoms with Crippen LogP contribution >= 0.6 is 0 Å². The summed E-state index contributed by atoms with van der Waals surface area (Å²) in [6, 6.07) is 0. The molecule has 0 amide bonds. The number of rotatable bonds is 6. The first-order chi connectivity index (χ1) is 17.6. The molecule has 0 bridgehead atoms. The summed E-state index contributed by atoms with van der Waals surface area (Å²) < 4.78 is 12.1. The van der Waals surface area contributed by atoms with E-state index in [1.165, 1.54) is 30.4 Å². The molecule has 0 aromatic rings. The summed E-state index contributed by atoms with van der Waals surface area (Å²) in [4.78, 5) is 12.7. The van der Waals surface area contributed by atoms with Gasteiger partial charge in [0.1, 0.15) is 12.2 Å². The number of esters is 1. The van der Waals surface area contributed by atoms with E-state index in [1.807, 2.05) is 0 Å². The molecule has 0 aromatic carbocycles. The minimum Gasteiger partial charge on any atom is -0.458 e. The maximum Gasteiger partial charge on any atom is 0.332 e. The molecule has 3 fully saturated rings. The Balaban J connectivity index is 1.36.